The maximum absolute atomic E-state index is 10.9. The molecule has 0 radical (unpaired) electrons. The Labute approximate surface area is 120 Å². The Hall–Kier alpha value is -1.16. The summed E-state index contributed by atoms with van der Waals surface area (Å²) in [6.07, 6.45) is 0. The highest BCUT2D eigenvalue weighted by Crippen LogP contribution is 2.24. The summed E-state index contributed by atoms with van der Waals surface area (Å²) in [4.78, 5) is 10.9. The van der Waals surface area contributed by atoms with E-state index in [0.717, 1.165) is 17.1 Å². The molecule has 0 unspecified atom stereocenters. The van der Waals surface area contributed by atoms with Crippen LogP contribution in [0.15, 0.2) is 24.3 Å². The van der Waals surface area contributed by atoms with E-state index in [2.05, 4.69) is 38.3 Å². The van der Waals surface area contributed by atoms with E-state index in [1.165, 1.54) is 6.92 Å². The lowest BCUT2D eigenvalue weighted by Crippen LogP contribution is -2.21. The molecule has 0 saturated carbocycles. The monoisotopic (exact) mass is 280 g/mol. The number of hydrogen-bond acceptors (Lipinski definition) is 3. The topological polar surface area (TPSA) is 41.1 Å². The van der Waals surface area contributed by atoms with Crippen LogP contribution in [-0.4, -0.2) is 22.4 Å². The number of thioether (sulfide) groups is 1. The van der Waals surface area contributed by atoms with Gasteiger partial charge in [0, 0.05) is 34.8 Å². The summed E-state index contributed by atoms with van der Waals surface area (Å²) in [5, 5.41) is 6.22. The molecule has 3 nitrogen and oxygen atoms in total. The van der Waals surface area contributed by atoms with Crippen molar-refractivity contribution in [3.05, 3.63) is 24.3 Å². The minimum atomic E-state index is -0.0457. The largest absolute Gasteiger partial charge is 0.382 e. The lowest BCUT2D eigenvalue weighted by Gasteiger charge is -2.22. The third kappa shape index (κ3) is 7.11. The minimum absolute atomic E-state index is 0.0457. The van der Waals surface area contributed by atoms with Crippen molar-refractivity contribution in [2.45, 2.75) is 45.4 Å². The van der Waals surface area contributed by atoms with Crippen molar-refractivity contribution in [1.29, 1.82) is 0 Å². The van der Waals surface area contributed by atoms with E-state index in [1.807, 2.05) is 36.0 Å². The summed E-state index contributed by atoms with van der Waals surface area (Å²) in [6.45, 7) is 10.4. The zero-order chi connectivity index (χ0) is 14.5. The molecule has 19 heavy (non-hydrogen) atoms. The molecule has 0 saturated heterocycles. The van der Waals surface area contributed by atoms with Crippen LogP contribution >= 0.6 is 11.8 Å². The lowest BCUT2D eigenvalue weighted by molar-refractivity contribution is -0.114. The Bertz CT molecular complexity index is 409. The lowest BCUT2D eigenvalue weighted by atomic mass is 10.2. The fraction of sp³-hybridized carbons (Fsp3) is 0.533. The summed E-state index contributed by atoms with van der Waals surface area (Å²) < 4.78 is 0.297. The predicted octanol–water partition coefficient (Wildman–Crippen LogP) is 3.98. The van der Waals surface area contributed by atoms with Gasteiger partial charge in [0.2, 0.25) is 5.91 Å². The van der Waals surface area contributed by atoms with E-state index >= 15 is 0 Å². The van der Waals surface area contributed by atoms with Crippen molar-refractivity contribution in [1.82, 2.24) is 0 Å². The maximum atomic E-state index is 10.9. The molecule has 0 aliphatic carbocycles. The number of hydrogen-bond donors (Lipinski definition) is 2. The normalized spacial score (nSPS) is 12.9. The second-order valence-corrected chi connectivity index (χ2v) is 7.57. The van der Waals surface area contributed by atoms with Crippen LogP contribution in [0.2, 0.25) is 0 Å². The molecule has 1 rings (SSSR count). The summed E-state index contributed by atoms with van der Waals surface area (Å²) in [7, 11) is 0. The standard InChI is InChI=1S/C15H24N2OS/c1-11(10-19-15(3,4)5)16-13-6-8-14(9-7-13)17-12(2)18/h6-9,11,16H,10H2,1-5H3,(H,17,18)/t11-/m1/s1. The van der Waals surface area contributed by atoms with Crippen molar-refractivity contribution in [2.24, 2.45) is 0 Å². The van der Waals surface area contributed by atoms with Crippen molar-refractivity contribution in [3.63, 3.8) is 0 Å². The molecule has 1 aromatic carbocycles. The molecule has 2 N–H and O–H groups in total. The van der Waals surface area contributed by atoms with Crippen LogP contribution in [0.4, 0.5) is 11.4 Å². The van der Waals surface area contributed by atoms with E-state index in [4.69, 9.17) is 0 Å². The molecule has 1 atom stereocenters. The van der Waals surface area contributed by atoms with Gasteiger partial charge in [0.25, 0.3) is 0 Å². The van der Waals surface area contributed by atoms with E-state index in [0.29, 0.717) is 10.8 Å². The van der Waals surface area contributed by atoms with Crippen LogP contribution in [0.3, 0.4) is 0 Å². The van der Waals surface area contributed by atoms with Gasteiger partial charge < -0.3 is 10.6 Å². The van der Waals surface area contributed by atoms with Crippen molar-refractivity contribution in [2.75, 3.05) is 16.4 Å². The highest BCUT2D eigenvalue weighted by molar-refractivity contribution is 8.00. The first-order valence-corrected chi connectivity index (χ1v) is 7.53. The minimum Gasteiger partial charge on any atom is -0.382 e. The van der Waals surface area contributed by atoms with Crippen LogP contribution in [0, 0.1) is 0 Å². The van der Waals surface area contributed by atoms with Crippen LogP contribution in [0.1, 0.15) is 34.6 Å². The zero-order valence-corrected chi connectivity index (χ0v) is 13.2. The maximum Gasteiger partial charge on any atom is 0.221 e. The molecular formula is C15H24N2OS. The van der Waals surface area contributed by atoms with Crippen LogP contribution in [0.25, 0.3) is 0 Å². The van der Waals surface area contributed by atoms with Crippen LogP contribution in [-0.2, 0) is 4.79 Å². The molecule has 1 aromatic rings. The molecule has 0 heterocycles. The molecule has 0 aliphatic rings. The van der Waals surface area contributed by atoms with E-state index in [-0.39, 0.29) is 5.91 Å². The van der Waals surface area contributed by atoms with Crippen LogP contribution < -0.4 is 10.6 Å². The highest BCUT2D eigenvalue weighted by atomic mass is 32.2. The molecule has 106 valence electrons. The van der Waals surface area contributed by atoms with Crippen molar-refractivity contribution >= 4 is 29.0 Å². The highest BCUT2D eigenvalue weighted by Gasteiger charge is 2.12. The van der Waals surface area contributed by atoms with Gasteiger partial charge >= 0.3 is 0 Å². The average molecular weight is 280 g/mol. The second kappa shape index (κ2) is 6.85. The smallest absolute Gasteiger partial charge is 0.221 e. The average Bonchev–Trinajstić information content (AvgIpc) is 2.28. The molecule has 0 bridgehead atoms. The van der Waals surface area contributed by atoms with Gasteiger partial charge in [-0.25, -0.2) is 0 Å². The van der Waals surface area contributed by atoms with Gasteiger partial charge in [-0.1, -0.05) is 20.8 Å². The number of rotatable bonds is 5. The number of nitrogens with one attached hydrogen (secondary N) is 2. The Morgan fingerprint density at radius 1 is 1.21 bits per heavy atom. The SMILES string of the molecule is CC(=O)Nc1ccc(N[C@H](C)CSC(C)(C)C)cc1. The third-order valence-corrected chi connectivity index (χ3v) is 3.92. The fourth-order valence-corrected chi connectivity index (χ4v) is 2.39. The number of benzene rings is 1. The van der Waals surface area contributed by atoms with E-state index < -0.39 is 0 Å². The molecule has 0 spiro atoms. The van der Waals surface area contributed by atoms with E-state index in [9.17, 15) is 4.79 Å². The predicted molar refractivity (Wildman–Crippen MR) is 86.0 cm³/mol. The van der Waals surface area contributed by atoms with Gasteiger partial charge in [0.1, 0.15) is 0 Å². The summed E-state index contributed by atoms with van der Waals surface area (Å²) in [5.41, 5.74) is 1.91. The first-order chi connectivity index (χ1) is 8.76. The molecular weight excluding hydrogens is 256 g/mol. The Balaban J connectivity index is 2.46. The van der Waals surface area contributed by atoms with Gasteiger partial charge in [-0.3, -0.25) is 4.79 Å². The number of amides is 1. The number of anilines is 2. The van der Waals surface area contributed by atoms with Gasteiger partial charge in [-0.2, -0.15) is 11.8 Å². The second-order valence-electron chi connectivity index (χ2n) is 5.73. The summed E-state index contributed by atoms with van der Waals surface area (Å²) >= 11 is 1.95. The molecule has 1 amide bonds. The number of carbonyl (C=O) groups is 1. The zero-order valence-electron chi connectivity index (χ0n) is 12.4. The number of carbonyl (C=O) groups excluding carboxylic acids is 1. The first kappa shape index (κ1) is 15.9. The molecule has 4 heteroatoms. The molecule has 0 aromatic heterocycles. The summed E-state index contributed by atoms with van der Waals surface area (Å²) in [5.74, 6) is 1.02. The Kier molecular flexibility index (Phi) is 5.73. The Morgan fingerprint density at radius 2 is 1.74 bits per heavy atom. The van der Waals surface area contributed by atoms with Crippen molar-refractivity contribution < 1.29 is 4.79 Å². The fourth-order valence-electron chi connectivity index (χ4n) is 1.55. The summed E-state index contributed by atoms with van der Waals surface area (Å²) in [6, 6.07) is 8.21. The van der Waals surface area contributed by atoms with Crippen LogP contribution in [0.5, 0.6) is 0 Å². The quantitative estimate of drug-likeness (QED) is 0.857. The Morgan fingerprint density at radius 3 is 2.21 bits per heavy atom. The van der Waals surface area contributed by atoms with Gasteiger partial charge in [0.15, 0.2) is 0 Å². The third-order valence-electron chi connectivity index (χ3n) is 2.38. The van der Waals surface area contributed by atoms with Gasteiger partial charge in [-0.05, 0) is 31.2 Å². The van der Waals surface area contributed by atoms with E-state index in [1.54, 1.807) is 0 Å². The van der Waals surface area contributed by atoms with Gasteiger partial charge in [0.05, 0.1) is 0 Å². The van der Waals surface area contributed by atoms with Gasteiger partial charge in [-0.15, -0.1) is 0 Å². The van der Waals surface area contributed by atoms with Crippen molar-refractivity contribution in [3.8, 4) is 0 Å². The molecule has 0 aliphatic heterocycles. The molecule has 0 fully saturated rings. The first-order valence-electron chi connectivity index (χ1n) is 6.54.